The summed E-state index contributed by atoms with van der Waals surface area (Å²) in [6, 6.07) is 3.56. The van der Waals surface area contributed by atoms with Gasteiger partial charge in [0.05, 0.1) is 12.6 Å². The number of fused-ring (bicyclic) bond motifs is 1. The Kier molecular flexibility index (Phi) is 4.93. The van der Waals surface area contributed by atoms with Crippen LogP contribution in [-0.2, 0) is 4.79 Å². The van der Waals surface area contributed by atoms with Crippen molar-refractivity contribution in [2.75, 3.05) is 13.2 Å². The molecule has 1 fully saturated rings. The van der Waals surface area contributed by atoms with Crippen LogP contribution in [0.4, 0.5) is 0 Å². The molecular weight excluding hydrogens is 280 g/mol. The monoisotopic (exact) mass is 304 g/mol. The number of aliphatic hydroxyl groups excluding tert-OH is 1. The van der Waals surface area contributed by atoms with Crippen molar-refractivity contribution in [2.24, 2.45) is 5.92 Å². The van der Waals surface area contributed by atoms with Gasteiger partial charge in [-0.2, -0.15) is 0 Å². The van der Waals surface area contributed by atoms with Crippen LogP contribution >= 0.6 is 0 Å². The summed E-state index contributed by atoms with van der Waals surface area (Å²) in [7, 11) is 0. The molecule has 0 saturated heterocycles. The first-order valence-electron chi connectivity index (χ1n) is 8.28. The highest BCUT2D eigenvalue weighted by Gasteiger charge is 2.33. The van der Waals surface area contributed by atoms with Gasteiger partial charge in [-0.05, 0) is 24.8 Å². The highest BCUT2D eigenvalue weighted by Crippen LogP contribution is 2.32. The minimum absolute atomic E-state index is 0.00385. The van der Waals surface area contributed by atoms with Gasteiger partial charge in [-0.25, -0.2) is 4.98 Å². The van der Waals surface area contributed by atoms with E-state index in [1.54, 1.807) is 6.20 Å². The third-order valence-corrected chi connectivity index (χ3v) is 4.87. The number of carbonyl (C=O) groups is 1. The van der Waals surface area contributed by atoms with Crippen LogP contribution in [-0.4, -0.2) is 35.3 Å². The summed E-state index contributed by atoms with van der Waals surface area (Å²) in [5.41, 5.74) is 0.845. The van der Waals surface area contributed by atoms with Crippen LogP contribution in [0.15, 0.2) is 18.3 Å². The van der Waals surface area contributed by atoms with E-state index in [-0.39, 0.29) is 24.5 Å². The second-order valence-electron chi connectivity index (χ2n) is 6.31. The second-order valence-corrected chi connectivity index (χ2v) is 6.31. The molecule has 22 heavy (non-hydrogen) atoms. The highest BCUT2D eigenvalue weighted by molar-refractivity contribution is 5.85. The maximum absolute atomic E-state index is 12.6. The summed E-state index contributed by atoms with van der Waals surface area (Å²) in [5.74, 6) is 0.559. The van der Waals surface area contributed by atoms with Gasteiger partial charge in [0.15, 0.2) is 0 Å². The van der Waals surface area contributed by atoms with Crippen molar-refractivity contribution < 1.29 is 14.6 Å². The number of nitrogens with zero attached hydrogens (tertiary/aromatic N) is 1. The van der Waals surface area contributed by atoms with Gasteiger partial charge in [0, 0.05) is 11.8 Å². The Balaban J connectivity index is 1.65. The number of ether oxygens (including phenoxy) is 1. The van der Waals surface area contributed by atoms with Crippen LogP contribution in [0.2, 0.25) is 0 Å². The zero-order valence-corrected chi connectivity index (χ0v) is 12.8. The van der Waals surface area contributed by atoms with E-state index < -0.39 is 0 Å². The first-order chi connectivity index (χ1) is 10.8. The van der Waals surface area contributed by atoms with E-state index in [2.05, 4.69) is 10.3 Å². The molecule has 2 heterocycles. The molecule has 2 aliphatic rings. The Morgan fingerprint density at radius 3 is 2.86 bits per heavy atom. The van der Waals surface area contributed by atoms with Gasteiger partial charge >= 0.3 is 0 Å². The second kappa shape index (κ2) is 7.09. The molecule has 0 radical (unpaired) electrons. The van der Waals surface area contributed by atoms with E-state index in [1.165, 1.54) is 25.7 Å². The van der Waals surface area contributed by atoms with Gasteiger partial charge in [-0.1, -0.05) is 31.7 Å². The number of aliphatic hydroxyl groups is 1. The van der Waals surface area contributed by atoms with E-state index >= 15 is 0 Å². The Morgan fingerprint density at radius 1 is 1.36 bits per heavy atom. The Hall–Kier alpha value is -1.62. The van der Waals surface area contributed by atoms with E-state index in [1.807, 2.05) is 12.1 Å². The van der Waals surface area contributed by atoms with Crippen LogP contribution in [0.1, 0.15) is 50.0 Å². The summed E-state index contributed by atoms with van der Waals surface area (Å²) in [6.45, 7) is 0.338. The molecule has 3 rings (SSSR count). The fourth-order valence-corrected chi connectivity index (χ4v) is 3.57. The molecule has 1 amide bonds. The van der Waals surface area contributed by atoms with Crippen molar-refractivity contribution >= 4 is 5.91 Å². The van der Waals surface area contributed by atoms with Crippen molar-refractivity contribution in [2.45, 2.75) is 50.5 Å². The number of nitrogens with one attached hydrogen (secondary N) is 1. The van der Waals surface area contributed by atoms with Gasteiger partial charge in [-0.3, -0.25) is 4.79 Å². The zero-order valence-electron chi connectivity index (χ0n) is 12.8. The summed E-state index contributed by atoms with van der Waals surface area (Å²) < 4.78 is 5.48. The Bertz CT molecular complexity index is 512. The van der Waals surface area contributed by atoms with E-state index in [9.17, 15) is 9.90 Å². The third-order valence-electron chi connectivity index (χ3n) is 4.87. The number of amides is 1. The lowest BCUT2D eigenvalue weighted by Crippen LogP contribution is -2.45. The van der Waals surface area contributed by atoms with Crippen molar-refractivity contribution in [3.05, 3.63) is 23.9 Å². The molecule has 1 saturated carbocycles. The summed E-state index contributed by atoms with van der Waals surface area (Å²) in [4.78, 5) is 16.7. The minimum atomic E-state index is -0.316. The standard InChI is InChI=1S/C17H24N2O3/c20-10-15(12-6-3-1-2-4-7-12)19-16(21)14-11-22-17-13(14)8-5-9-18-17/h5,8-9,12,14-15,20H,1-4,6-7,10-11H2,(H,19,21)/t14-,15+/m1/s1. The molecule has 2 N–H and O–H groups in total. The molecule has 0 aromatic carbocycles. The number of hydrogen-bond acceptors (Lipinski definition) is 4. The minimum Gasteiger partial charge on any atom is -0.476 e. The average molecular weight is 304 g/mol. The molecule has 1 aliphatic carbocycles. The maximum Gasteiger partial charge on any atom is 0.231 e. The van der Waals surface area contributed by atoms with Crippen molar-refractivity contribution in [3.63, 3.8) is 0 Å². The van der Waals surface area contributed by atoms with Crippen molar-refractivity contribution in [3.8, 4) is 5.88 Å². The van der Waals surface area contributed by atoms with Crippen molar-refractivity contribution in [1.29, 1.82) is 0 Å². The zero-order chi connectivity index (χ0) is 15.4. The van der Waals surface area contributed by atoms with Gasteiger partial charge < -0.3 is 15.2 Å². The normalized spacial score (nSPS) is 23.2. The van der Waals surface area contributed by atoms with E-state index in [4.69, 9.17) is 4.74 Å². The number of carbonyl (C=O) groups excluding carboxylic acids is 1. The molecule has 1 aliphatic heterocycles. The quantitative estimate of drug-likeness (QED) is 0.835. The lowest BCUT2D eigenvalue weighted by Gasteiger charge is -2.26. The fourth-order valence-electron chi connectivity index (χ4n) is 3.57. The molecule has 5 heteroatoms. The molecular formula is C17H24N2O3. The smallest absolute Gasteiger partial charge is 0.231 e. The topological polar surface area (TPSA) is 71.5 Å². The lowest BCUT2D eigenvalue weighted by molar-refractivity contribution is -0.124. The molecule has 0 spiro atoms. The van der Waals surface area contributed by atoms with Crippen LogP contribution in [0, 0.1) is 5.92 Å². The number of hydrogen-bond donors (Lipinski definition) is 2. The maximum atomic E-state index is 12.6. The Labute approximate surface area is 131 Å². The first kappa shape index (κ1) is 15.3. The molecule has 1 aromatic heterocycles. The molecule has 2 atom stereocenters. The molecule has 5 nitrogen and oxygen atoms in total. The van der Waals surface area contributed by atoms with Crippen LogP contribution < -0.4 is 10.1 Å². The van der Waals surface area contributed by atoms with Crippen LogP contribution in [0.25, 0.3) is 0 Å². The molecule has 0 bridgehead atoms. The largest absolute Gasteiger partial charge is 0.476 e. The first-order valence-corrected chi connectivity index (χ1v) is 8.28. The average Bonchev–Trinajstić information content (AvgIpc) is 2.79. The van der Waals surface area contributed by atoms with E-state index in [0.29, 0.717) is 18.4 Å². The fraction of sp³-hybridized carbons (Fsp3) is 0.647. The van der Waals surface area contributed by atoms with Crippen molar-refractivity contribution in [1.82, 2.24) is 10.3 Å². The third kappa shape index (κ3) is 3.24. The summed E-state index contributed by atoms with van der Waals surface area (Å²) in [5, 5.41) is 12.7. The Morgan fingerprint density at radius 2 is 2.14 bits per heavy atom. The summed E-state index contributed by atoms with van der Waals surface area (Å²) >= 11 is 0. The van der Waals surface area contributed by atoms with Gasteiger partial charge in [0.1, 0.15) is 12.5 Å². The number of aromatic nitrogens is 1. The SMILES string of the molecule is O=C(N[C@@H](CO)C1CCCCCC1)[C@@H]1COc2ncccc21. The molecule has 0 unspecified atom stereocenters. The predicted octanol–water partition coefficient (Wildman–Crippen LogP) is 2.01. The number of pyridine rings is 1. The van der Waals surface area contributed by atoms with Crippen LogP contribution in [0.5, 0.6) is 5.88 Å². The van der Waals surface area contributed by atoms with Gasteiger partial charge in [0.2, 0.25) is 11.8 Å². The van der Waals surface area contributed by atoms with Crippen LogP contribution in [0.3, 0.4) is 0 Å². The highest BCUT2D eigenvalue weighted by atomic mass is 16.5. The molecule has 1 aromatic rings. The molecule has 120 valence electrons. The predicted molar refractivity (Wildman–Crippen MR) is 82.7 cm³/mol. The summed E-state index contributed by atoms with van der Waals surface area (Å²) in [6.07, 6.45) is 8.75. The van der Waals surface area contributed by atoms with Gasteiger partial charge in [-0.15, -0.1) is 0 Å². The lowest BCUT2D eigenvalue weighted by atomic mass is 9.91. The van der Waals surface area contributed by atoms with Gasteiger partial charge in [0.25, 0.3) is 0 Å². The van der Waals surface area contributed by atoms with E-state index in [0.717, 1.165) is 18.4 Å². The number of rotatable bonds is 4.